The molecule has 0 spiro atoms. The van der Waals surface area contributed by atoms with Crippen LogP contribution in [0, 0.1) is 11.7 Å². The molecule has 1 rings (SSSR count). The van der Waals surface area contributed by atoms with Crippen molar-refractivity contribution in [1.82, 2.24) is 5.32 Å². The van der Waals surface area contributed by atoms with Crippen LogP contribution in [-0.2, 0) is 6.42 Å². The largest absolute Gasteiger partial charge is 0.370 e. The molecule has 0 aliphatic heterocycles. The summed E-state index contributed by atoms with van der Waals surface area (Å²) in [4.78, 5) is 4.17. The third kappa shape index (κ3) is 5.33. The molecule has 94 valence electrons. The van der Waals surface area contributed by atoms with Crippen LogP contribution in [0.1, 0.15) is 19.4 Å². The summed E-state index contributed by atoms with van der Waals surface area (Å²) in [6.45, 7) is 5.46. The van der Waals surface area contributed by atoms with Crippen LogP contribution in [-0.4, -0.2) is 19.0 Å². The Morgan fingerprint density at radius 3 is 2.76 bits per heavy atom. The van der Waals surface area contributed by atoms with Crippen molar-refractivity contribution in [1.29, 1.82) is 0 Å². The second-order valence-electron chi connectivity index (χ2n) is 4.39. The third-order valence-electron chi connectivity index (χ3n) is 2.29. The fourth-order valence-electron chi connectivity index (χ4n) is 1.36. The lowest BCUT2D eigenvalue weighted by molar-refractivity contribution is 0.607. The van der Waals surface area contributed by atoms with Gasteiger partial charge in [-0.1, -0.05) is 32.0 Å². The maximum Gasteiger partial charge on any atom is 0.188 e. The van der Waals surface area contributed by atoms with Gasteiger partial charge in [-0.25, -0.2) is 4.39 Å². The van der Waals surface area contributed by atoms with Crippen molar-refractivity contribution < 1.29 is 4.39 Å². The number of benzene rings is 1. The number of nitrogens with two attached hydrogens (primary N) is 1. The number of halogens is 1. The van der Waals surface area contributed by atoms with Crippen LogP contribution < -0.4 is 11.1 Å². The fourth-order valence-corrected chi connectivity index (χ4v) is 1.36. The first-order valence-electron chi connectivity index (χ1n) is 5.86. The predicted octanol–water partition coefficient (Wildman–Crippen LogP) is 1.93. The Morgan fingerprint density at radius 2 is 2.12 bits per heavy atom. The SMILES string of the molecule is CC(C)CN=C(N)NCCc1ccccc1F. The zero-order chi connectivity index (χ0) is 12.7. The number of nitrogens with one attached hydrogen (secondary N) is 1. The van der Waals surface area contributed by atoms with Gasteiger partial charge < -0.3 is 11.1 Å². The lowest BCUT2D eigenvalue weighted by Gasteiger charge is -2.07. The van der Waals surface area contributed by atoms with Crippen LogP contribution in [0.25, 0.3) is 0 Å². The molecular weight excluding hydrogens is 217 g/mol. The van der Waals surface area contributed by atoms with Gasteiger partial charge in [-0.15, -0.1) is 0 Å². The Bertz CT molecular complexity index is 375. The van der Waals surface area contributed by atoms with Crippen LogP contribution in [0.15, 0.2) is 29.3 Å². The second kappa shape index (κ2) is 6.89. The summed E-state index contributed by atoms with van der Waals surface area (Å²) in [6, 6.07) is 6.75. The molecule has 0 heterocycles. The normalized spacial score (nSPS) is 11.9. The lowest BCUT2D eigenvalue weighted by atomic mass is 10.1. The first kappa shape index (κ1) is 13.5. The van der Waals surface area contributed by atoms with Crippen molar-refractivity contribution in [3.05, 3.63) is 35.6 Å². The number of guanidine groups is 1. The quantitative estimate of drug-likeness (QED) is 0.607. The summed E-state index contributed by atoms with van der Waals surface area (Å²) < 4.78 is 13.3. The van der Waals surface area contributed by atoms with E-state index < -0.39 is 0 Å². The van der Waals surface area contributed by atoms with E-state index in [1.165, 1.54) is 6.07 Å². The number of aliphatic imine (C=N–C) groups is 1. The van der Waals surface area contributed by atoms with Crippen molar-refractivity contribution in [2.75, 3.05) is 13.1 Å². The van der Waals surface area contributed by atoms with Gasteiger partial charge in [0.25, 0.3) is 0 Å². The van der Waals surface area contributed by atoms with Crippen LogP contribution in [0.3, 0.4) is 0 Å². The highest BCUT2D eigenvalue weighted by Gasteiger charge is 2.00. The van der Waals surface area contributed by atoms with Gasteiger partial charge in [0.15, 0.2) is 5.96 Å². The second-order valence-corrected chi connectivity index (χ2v) is 4.39. The van der Waals surface area contributed by atoms with Gasteiger partial charge in [0, 0.05) is 13.1 Å². The van der Waals surface area contributed by atoms with E-state index in [1.54, 1.807) is 12.1 Å². The molecule has 0 fully saturated rings. The van der Waals surface area contributed by atoms with Gasteiger partial charge in [-0.05, 0) is 24.0 Å². The Balaban J connectivity index is 2.33. The van der Waals surface area contributed by atoms with Gasteiger partial charge in [-0.2, -0.15) is 0 Å². The highest BCUT2D eigenvalue weighted by atomic mass is 19.1. The summed E-state index contributed by atoms with van der Waals surface area (Å²) in [5.74, 6) is 0.740. The fraction of sp³-hybridized carbons (Fsp3) is 0.462. The van der Waals surface area contributed by atoms with Crippen molar-refractivity contribution in [2.24, 2.45) is 16.6 Å². The highest BCUT2D eigenvalue weighted by Crippen LogP contribution is 2.05. The van der Waals surface area contributed by atoms with E-state index >= 15 is 0 Å². The zero-order valence-electron chi connectivity index (χ0n) is 10.4. The molecule has 0 aromatic heterocycles. The van der Waals surface area contributed by atoms with Crippen molar-refractivity contribution in [2.45, 2.75) is 20.3 Å². The summed E-state index contributed by atoms with van der Waals surface area (Å²) in [5.41, 5.74) is 6.36. The lowest BCUT2D eigenvalue weighted by Crippen LogP contribution is -2.33. The Labute approximate surface area is 102 Å². The summed E-state index contributed by atoms with van der Waals surface area (Å²) >= 11 is 0. The molecular formula is C13H20FN3. The maximum atomic E-state index is 13.3. The molecule has 3 N–H and O–H groups in total. The Hall–Kier alpha value is -1.58. The van der Waals surface area contributed by atoms with Gasteiger partial charge in [0.1, 0.15) is 5.82 Å². The van der Waals surface area contributed by atoms with Crippen molar-refractivity contribution in [3.8, 4) is 0 Å². The number of hydrogen-bond acceptors (Lipinski definition) is 1. The standard InChI is InChI=1S/C13H20FN3/c1-10(2)9-17-13(15)16-8-7-11-5-3-4-6-12(11)14/h3-6,10H,7-9H2,1-2H3,(H3,15,16,17). The van der Waals surface area contributed by atoms with E-state index in [0.29, 0.717) is 37.0 Å². The highest BCUT2D eigenvalue weighted by molar-refractivity contribution is 5.77. The molecule has 4 heteroatoms. The molecule has 0 saturated heterocycles. The van der Waals surface area contributed by atoms with Crippen LogP contribution in [0.5, 0.6) is 0 Å². The van der Waals surface area contributed by atoms with Crippen LogP contribution in [0.2, 0.25) is 0 Å². The summed E-state index contributed by atoms with van der Waals surface area (Å²) in [6.07, 6.45) is 0.602. The molecule has 3 nitrogen and oxygen atoms in total. The minimum atomic E-state index is -0.174. The minimum absolute atomic E-state index is 0.174. The van der Waals surface area contributed by atoms with E-state index in [0.717, 1.165) is 0 Å². The molecule has 0 amide bonds. The topological polar surface area (TPSA) is 50.4 Å². The molecule has 0 bridgehead atoms. The maximum absolute atomic E-state index is 13.3. The third-order valence-corrected chi connectivity index (χ3v) is 2.29. The van der Waals surface area contributed by atoms with E-state index in [4.69, 9.17) is 5.73 Å². The van der Waals surface area contributed by atoms with Gasteiger partial charge >= 0.3 is 0 Å². The van der Waals surface area contributed by atoms with Crippen LogP contribution in [0.4, 0.5) is 4.39 Å². The molecule has 0 aliphatic rings. The molecule has 0 unspecified atom stereocenters. The van der Waals surface area contributed by atoms with E-state index in [1.807, 2.05) is 6.07 Å². The molecule has 0 aliphatic carbocycles. The van der Waals surface area contributed by atoms with Crippen molar-refractivity contribution in [3.63, 3.8) is 0 Å². The van der Waals surface area contributed by atoms with Gasteiger partial charge in [-0.3, -0.25) is 4.99 Å². The monoisotopic (exact) mass is 237 g/mol. The summed E-state index contributed by atoms with van der Waals surface area (Å²) in [5, 5.41) is 2.97. The van der Waals surface area contributed by atoms with Gasteiger partial charge in [0.2, 0.25) is 0 Å². The van der Waals surface area contributed by atoms with E-state index in [2.05, 4.69) is 24.2 Å². The smallest absolute Gasteiger partial charge is 0.188 e. The summed E-state index contributed by atoms with van der Waals surface area (Å²) in [7, 11) is 0. The predicted molar refractivity (Wildman–Crippen MR) is 69.4 cm³/mol. The molecule has 1 aromatic rings. The molecule has 0 saturated carbocycles. The molecule has 17 heavy (non-hydrogen) atoms. The van der Waals surface area contributed by atoms with E-state index in [-0.39, 0.29) is 5.82 Å². The minimum Gasteiger partial charge on any atom is -0.370 e. The molecule has 1 aromatic carbocycles. The first-order valence-corrected chi connectivity index (χ1v) is 5.86. The Kier molecular flexibility index (Phi) is 5.46. The Morgan fingerprint density at radius 1 is 1.41 bits per heavy atom. The number of nitrogens with zero attached hydrogens (tertiary/aromatic N) is 1. The number of hydrogen-bond donors (Lipinski definition) is 2. The van der Waals surface area contributed by atoms with Crippen LogP contribution >= 0.6 is 0 Å². The zero-order valence-corrected chi connectivity index (χ0v) is 10.4. The van der Waals surface area contributed by atoms with Gasteiger partial charge in [0.05, 0.1) is 0 Å². The molecule has 0 atom stereocenters. The first-order chi connectivity index (χ1) is 8.09. The van der Waals surface area contributed by atoms with E-state index in [9.17, 15) is 4.39 Å². The average Bonchev–Trinajstić information content (AvgIpc) is 2.29. The molecule has 0 radical (unpaired) electrons. The number of rotatable bonds is 5. The van der Waals surface area contributed by atoms with Crippen molar-refractivity contribution >= 4 is 5.96 Å². The average molecular weight is 237 g/mol.